The fraction of sp³-hybridized carbons (Fsp3) is 0.467. The van der Waals surface area contributed by atoms with Crippen LogP contribution in [-0.2, 0) is 4.79 Å². The first kappa shape index (κ1) is 13.6. The monoisotopic (exact) mass is 261 g/mol. The van der Waals surface area contributed by atoms with E-state index >= 15 is 0 Å². The largest absolute Gasteiger partial charge is 0.478 e. The van der Waals surface area contributed by atoms with Crippen molar-refractivity contribution in [2.75, 3.05) is 5.32 Å². The van der Waals surface area contributed by atoms with Gasteiger partial charge in [0.05, 0.1) is 11.3 Å². The number of hydrogen-bond acceptors (Lipinski definition) is 2. The molecule has 102 valence electrons. The second-order valence-electron chi connectivity index (χ2n) is 5.31. The van der Waals surface area contributed by atoms with Crippen LogP contribution in [0.15, 0.2) is 18.2 Å². The van der Waals surface area contributed by atoms with Crippen LogP contribution >= 0.6 is 0 Å². The van der Waals surface area contributed by atoms with Crippen molar-refractivity contribution in [3.63, 3.8) is 0 Å². The Kier molecular flexibility index (Phi) is 3.88. The number of amides is 1. The predicted molar refractivity (Wildman–Crippen MR) is 73.3 cm³/mol. The lowest BCUT2D eigenvalue weighted by atomic mass is 9.97. The van der Waals surface area contributed by atoms with Gasteiger partial charge in [0.25, 0.3) is 0 Å². The van der Waals surface area contributed by atoms with Gasteiger partial charge in [0.1, 0.15) is 0 Å². The first-order valence-corrected chi connectivity index (χ1v) is 6.64. The zero-order valence-corrected chi connectivity index (χ0v) is 11.3. The van der Waals surface area contributed by atoms with E-state index in [0.29, 0.717) is 17.2 Å². The van der Waals surface area contributed by atoms with Crippen LogP contribution in [0.1, 0.15) is 42.1 Å². The molecule has 0 heterocycles. The van der Waals surface area contributed by atoms with Gasteiger partial charge >= 0.3 is 5.97 Å². The maximum Gasteiger partial charge on any atom is 0.338 e. The number of carbonyl (C=O) groups is 2. The number of rotatable bonds is 3. The van der Waals surface area contributed by atoms with Gasteiger partial charge in [-0.05, 0) is 37.3 Å². The van der Waals surface area contributed by atoms with Crippen molar-refractivity contribution in [2.45, 2.75) is 33.1 Å². The SMILES string of the molecule is Cc1cccc(NC(=O)C2CCCC2C)c1C(=O)O. The van der Waals surface area contributed by atoms with E-state index in [9.17, 15) is 14.7 Å². The van der Waals surface area contributed by atoms with Gasteiger partial charge < -0.3 is 10.4 Å². The molecule has 2 rings (SSSR count). The number of nitrogens with one attached hydrogen (secondary N) is 1. The molecule has 1 amide bonds. The van der Waals surface area contributed by atoms with Crippen molar-refractivity contribution in [3.8, 4) is 0 Å². The maximum atomic E-state index is 12.2. The molecule has 0 aliphatic heterocycles. The second kappa shape index (κ2) is 5.43. The Morgan fingerprint density at radius 3 is 2.63 bits per heavy atom. The van der Waals surface area contributed by atoms with Gasteiger partial charge in [-0.1, -0.05) is 25.5 Å². The molecule has 1 aromatic carbocycles. The number of hydrogen-bond donors (Lipinski definition) is 2. The summed E-state index contributed by atoms with van der Waals surface area (Å²) in [6.07, 6.45) is 3.03. The topological polar surface area (TPSA) is 66.4 Å². The quantitative estimate of drug-likeness (QED) is 0.878. The number of anilines is 1. The van der Waals surface area contributed by atoms with Crippen LogP contribution in [-0.4, -0.2) is 17.0 Å². The van der Waals surface area contributed by atoms with Gasteiger partial charge in [0, 0.05) is 5.92 Å². The number of carboxylic acids is 1. The normalized spacial score (nSPS) is 22.2. The van der Waals surface area contributed by atoms with Gasteiger partial charge in [0.2, 0.25) is 5.91 Å². The fourth-order valence-electron chi connectivity index (χ4n) is 2.82. The highest BCUT2D eigenvalue weighted by Crippen LogP contribution is 2.32. The average molecular weight is 261 g/mol. The van der Waals surface area contributed by atoms with Crippen LogP contribution < -0.4 is 5.32 Å². The van der Waals surface area contributed by atoms with Gasteiger partial charge in [-0.3, -0.25) is 4.79 Å². The molecule has 1 aromatic rings. The summed E-state index contributed by atoms with van der Waals surface area (Å²) in [5, 5.41) is 12.0. The van der Waals surface area contributed by atoms with E-state index in [1.807, 2.05) is 0 Å². The van der Waals surface area contributed by atoms with E-state index in [4.69, 9.17) is 0 Å². The summed E-state index contributed by atoms with van der Waals surface area (Å²) in [7, 11) is 0. The lowest BCUT2D eigenvalue weighted by Gasteiger charge is -2.17. The second-order valence-corrected chi connectivity index (χ2v) is 5.31. The lowest BCUT2D eigenvalue weighted by molar-refractivity contribution is -0.120. The highest BCUT2D eigenvalue weighted by atomic mass is 16.4. The third-order valence-electron chi connectivity index (χ3n) is 3.94. The molecule has 1 fully saturated rings. The van der Waals surface area contributed by atoms with E-state index in [1.54, 1.807) is 25.1 Å². The molecule has 0 aromatic heterocycles. The van der Waals surface area contributed by atoms with Crippen LogP contribution in [0.25, 0.3) is 0 Å². The Balaban J connectivity index is 2.21. The molecule has 19 heavy (non-hydrogen) atoms. The van der Waals surface area contributed by atoms with Gasteiger partial charge in [-0.15, -0.1) is 0 Å². The molecule has 1 aliphatic carbocycles. The third kappa shape index (κ3) is 2.78. The van der Waals surface area contributed by atoms with Crippen molar-refractivity contribution < 1.29 is 14.7 Å². The number of aryl methyl sites for hydroxylation is 1. The molecule has 0 saturated heterocycles. The zero-order valence-electron chi connectivity index (χ0n) is 11.3. The molecular formula is C15H19NO3. The van der Waals surface area contributed by atoms with Crippen LogP contribution in [0, 0.1) is 18.8 Å². The smallest absolute Gasteiger partial charge is 0.338 e. The number of carboxylic acid groups (broad SMARTS) is 1. The summed E-state index contributed by atoms with van der Waals surface area (Å²) in [5.41, 5.74) is 1.24. The van der Waals surface area contributed by atoms with Crippen molar-refractivity contribution in [1.29, 1.82) is 0 Å². The Labute approximate surface area is 112 Å². The average Bonchev–Trinajstić information content (AvgIpc) is 2.75. The molecule has 2 unspecified atom stereocenters. The number of benzene rings is 1. The minimum absolute atomic E-state index is 0.00200. The van der Waals surface area contributed by atoms with E-state index in [0.717, 1.165) is 19.3 Å². The molecule has 2 atom stereocenters. The molecule has 0 bridgehead atoms. The van der Waals surface area contributed by atoms with Crippen molar-refractivity contribution >= 4 is 17.6 Å². The summed E-state index contributed by atoms with van der Waals surface area (Å²) < 4.78 is 0. The minimum Gasteiger partial charge on any atom is -0.478 e. The Hall–Kier alpha value is -1.84. The third-order valence-corrected chi connectivity index (χ3v) is 3.94. The summed E-state index contributed by atoms with van der Waals surface area (Å²) in [4.78, 5) is 23.5. The van der Waals surface area contributed by atoms with Crippen LogP contribution in [0.4, 0.5) is 5.69 Å². The first-order chi connectivity index (χ1) is 9.00. The van der Waals surface area contributed by atoms with Gasteiger partial charge in [0.15, 0.2) is 0 Å². The molecule has 1 saturated carbocycles. The van der Waals surface area contributed by atoms with Gasteiger partial charge in [-0.2, -0.15) is 0 Å². The van der Waals surface area contributed by atoms with E-state index in [2.05, 4.69) is 12.2 Å². The predicted octanol–water partition coefficient (Wildman–Crippen LogP) is 3.07. The summed E-state index contributed by atoms with van der Waals surface area (Å²) in [6, 6.07) is 5.14. The molecule has 0 spiro atoms. The molecular weight excluding hydrogens is 242 g/mol. The fourth-order valence-corrected chi connectivity index (χ4v) is 2.82. The lowest BCUT2D eigenvalue weighted by Crippen LogP contribution is -2.25. The molecule has 1 aliphatic rings. The van der Waals surface area contributed by atoms with E-state index in [-0.39, 0.29) is 17.4 Å². The molecule has 2 N–H and O–H groups in total. The summed E-state index contributed by atoms with van der Waals surface area (Å²) in [6.45, 7) is 3.81. The van der Waals surface area contributed by atoms with E-state index in [1.165, 1.54) is 0 Å². The van der Waals surface area contributed by atoms with Crippen molar-refractivity contribution in [1.82, 2.24) is 0 Å². The Morgan fingerprint density at radius 2 is 2.05 bits per heavy atom. The maximum absolute atomic E-state index is 12.2. The van der Waals surface area contributed by atoms with Gasteiger partial charge in [-0.25, -0.2) is 4.79 Å². The van der Waals surface area contributed by atoms with E-state index < -0.39 is 5.97 Å². The number of carbonyl (C=O) groups excluding carboxylic acids is 1. The minimum atomic E-state index is -1.01. The number of aromatic carboxylic acids is 1. The summed E-state index contributed by atoms with van der Waals surface area (Å²) >= 11 is 0. The zero-order chi connectivity index (χ0) is 14.0. The van der Waals surface area contributed by atoms with Crippen molar-refractivity contribution in [2.24, 2.45) is 11.8 Å². The molecule has 0 radical (unpaired) electrons. The highest BCUT2D eigenvalue weighted by Gasteiger charge is 2.30. The Bertz CT molecular complexity index is 510. The van der Waals surface area contributed by atoms with Crippen LogP contribution in [0.2, 0.25) is 0 Å². The summed E-state index contributed by atoms with van der Waals surface area (Å²) in [5.74, 6) is -0.689. The first-order valence-electron chi connectivity index (χ1n) is 6.64. The molecule has 4 nitrogen and oxygen atoms in total. The van der Waals surface area contributed by atoms with Crippen LogP contribution in [0.3, 0.4) is 0 Å². The van der Waals surface area contributed by atoms with Crippen molar-refractivity contribution in [3.05, 3.63) is 29.3 Å². The Morgan fingerprint density at radius 1 is 1.32 bits per heavy atom. The highest BCUT2D eigenvalue weighted by molar-refractivity contribution is 6.02. The van der Waals surface area contributed by atoms with Crippen LogP contribution in [0.5, 0.6) is 0 Å². The standard InChI is InChI=1S/C15H19NO3/c1-9-5-3-7-11(9)14(17)16-12-8-4-6-10(2)13(12)15(18)19/h4,6,8-9,11H,3,5,7H2,1-2H3,(H,16,17)(H,18,19). The molecule has 4 heteroatoms.